The third-order valence-electron chi connectivity index (χ3n) is 4.41. The monoisotopic (exact) mass is 334 g/mol. The number of hydrogen-bond acceptors (Lipinski definition) is 4. The number of fused-ring (bicyclic) bond motifs is 1. The van der Waals surface area contributed by atoms with E-state index in [1.54, 1.807) is 7.05 Å². The van der Waals surface area contributed by atoms with Crippen molar-refractivity contribution >= 4 is 11.9 Å². The molecule has 8 heteroatoms. The quantitative estimate of drug-likeness (QED) is 0.794. The molecule has 3 rings (SSSR count). The molecule has 2 N–H and O–H groups in total. The van der Waals surface area contributed by atoms with Crippen molar-refractivity contribution in [3.8, 4) is 0 Å². The molecule has 0 aromatic carbocycles. The Morgan fingerprint density at radius 3 is 2.92 bits per heavy atom. The molecule has 1 saturated heterocycles. The summed E-state index contributed by atoms with van der Waals surface area (Å²) in [7, 11) is 1.68. The second-order valence-electron chi connectivity index (χ2n) is 7.08. The van der Waals surface area contributed by atoms with Gasteiger partial charge in [0.25, 0.3) is 0 Å². The van der Waals surface area contributed by atoms with Gasteiger partial charge in [-0.3, -0.25) is 14.4 Å². The molecule has 3 heterocycles. The first-order valence-corrected chi connectivity index (χ1v) is 8.49. The lowest BCUT2D eigenvalue weighted by molar-refractivity contribution is -0.122. The van der Waals surface area contributed by atoms with Crippen LogP contribution in [0.2, 0.25) is 0 Å². The summed E-state index contributed by atoms with van der Waals surface area (Å²) in [6.45, 7) is 9.14. The van der Waals surface area contributed by atoms with Crippen LogP contribution in [0.3, 0.4) is 0 Å². The normalized spacial score (nSPS) is 21.1. The summed E-state index contributed by atoms with van der Waals surface area (Å²) < 4.78 is 2.03. The van der Waals surface area contributed by atoms with Gasteiger partial charge in [-0.05, 0) is 12.0 Å². The van der Waals surface area contributed by atoms with E-state index in [1.807, 2.05) is 4.68 Å². The van der Waals surface area contributed by atoms with Crippen molar-refractivity contribution in [1.29, 1.82) is 0 Å². The average molecular weight is 334 g/mol. The van der Waals surface area contributed by atoms with E-state index in [9.17, 15) is 9.59 Å². The lowest BCUT2D eigenvalue weighted by atomic mass is 10.2. The highest BCUT2D eigenvalue weighted by atomic mass is 16.2. The van der Waals surface area contributed by atoms with Gasteiger partial charge in [-0.1, -0.05) is 13.8 Å². The third-order valence-corrected chi connectivity index (χ3v) is 4.41. The van der Waals surface area contributed by atoms with Crippen molar-refractivity contribution in [3.63, 3.8) is 0 Å². The first-order chi connectivity index (χ1) is 11.4. The number of nitrogens with zero attached hydrogens (tertiary/aromatic N) is 4. The van der Waals surface area contributed by atoms with Gasteiger partial charge in [-0.25, -0.2) is 4.79 Å². The Morgan fingerprint density at radius 1 is 1.46 bits per heavy atom. The third kappa shape index (κ3) is 3.69. The van der Waals surface area contributed by atoms with Crippen LogP contribution in [0, 0.1) is 5.92 Å². The number of carbonyl (C=O) groups excluding carboxylic acids is 2. The highest BCUT2D eigenvalue weighted by molar-refractivity contribution is 5.90. The fourth-order valence-electron chi connectivity index (χ4n) is 3.25. The second-order valence-corrected chi connectivity index (χ2v) is 7.08. The van der Waals surface area contributed by atoms with Crippen LogP contribution in [0.1, 0.15) is 25.2 Å². The lowest BCUT2D eigenvalue weighted by Crippen LogP contribution is -2.42. The molecule has 0 saturated carbocycles. The number of urea groups is 1. The smallest absolute Gasteiger partial charge is 0.317 e. The van der Waals surface area contributed by atoms with Gasteiger partial charge in [0.2, 0.25) is 5.91 Å². The van der Waals surface area contributed by atoms with E-state index in [1.165, 1.54) is 10.6 Å². The molecule has 0 spiro atoms. The first-order valence-electron chi connectivity index (χ1n) is 8.49. The Hall–Kier alpha value is -2.09. The molecular formula is C16H26N6O2. The van der Waals surface area contributed by atoms with E-state index in [0.717, 1.165) is 31.9 Å². The molecule has 8 nitrogen and oxygen atoms in total. The van der Waals surface area contributed by atoms with E-state index in [4.69, 9.17) is 0 Å². The summed E-state index contributed by atoms with van der Waals surface area (Å²) in [6, 6.07) is 1.37. The SMILES string of the molecule is CC(C)CN1CCn2nc(CNC(=O)C3CN(C)C(=O)N3)cc2C1. The first kappa shape index (κ1) is 16.8. The van der Waals surface area contributed by atoms with Gasteiger partial charge in [-0.15, -0.1) is 0 Å². The molecule has 0 radical (unpaired) electrons. The maximum Gasteiger partial charge on any atom is 0.317 e. The number of aromatic nitrogens is 2. The van der Waals surface area contributed by atoms with Crippen LogP contribution in [0.4, 0.5) is 4.79 Å². The summed E-state index contributed by atoms with van der Waals surface area (Å²) >= 11 is 0. The van der Waals surface area contributed by atoms with E-state index >= 15 is 0 Å². The molecule has 1 atom stereocenters. The summed E-state index contributed by atoms with van der Waals surface area (Å²) in [5.41, 5.74) is 2.06. The molecule has 0 aliphatic carbocycles. The Morgan fingerprint density at radius 2 is 2.25 bits per heavy atom. The summed E-state index contributed by atoms with van der Waals surface area (Å²) in [5.74, 6) is 0.484. The van der Waals surface area contributed by atoms with Gasteiger partial charge in [0.15, 0.2) is 0 Å². The fraction of sp³-hybridized carbons (Fsp3) is 0.688. The summed E-state index contributed by atoms with van der Waals surface area (Å²) in [5, 5.41) is 10.1. The highest BCUT2D eigenvalue weighted by Crippen LogP contribution is 2.15. The number of hydrogen-bond donors (Lipinski definition) is 2. The molecule has 2 aliphatic heterocycles. The average Bonchev–Trinajstić information content (AvgIpc) is 3.07. The van der Waals surface area contributed by atoms with Crippen molar-refractivity contribution in [2.24, 2.45) is 5.92 Å². The molecule has 1 fully saturated rings. The molecule has 0 bridgehead atoms. The lowest BCUT2D eigenvalue weighted by Gasteiger charge is -2.28. The minimum atomic E-state index is -0.485. The van der Waals surface area contributed by atoms with Gasteiger partial charge >= 0.3 is 6.03 Å². The van der Waals surface area contributed by atoms with Crippen molar-refractivity contribution in [1.82, 2.24) is 30.2 Å². The zero-order valence-corrected chi connectivity index (χ0v) is 14.6. The van der Waals surface area contributed by atoms with Gasteiger partial charge in [0.1, 0.15) is 6.04 Å². The highest BCUT2D eigenvalue weighted by Gasteiger charge is 2.31. The minimum absolute atomic E-state index is 0.167. The fourth-order valence-corrected chi connectivity index (χ4v) is 3.25. The number of likely N-dealkylation sites (N-methyl/N-ethyl adjacent to an activating group) is 1. The Bertz CT molecular complexity index is 626. The van der Waals surface area contributed by atoms with Crippen LogP contribution in [-0.2, 0) is 24.4 Å². The van der Waals surface area contributed by atoms with Gasteiger partial charge in [0.05, 0.1) is 31.0 Å². The summed E-state index contributed by atoms with van der Waals surface area (Å²) in [6.07, 6.45) is 0. The van der Waals surface area contributed by atoms with Crippen LogP contribution >= 0.6 is 0 Å². The second kappa shape index (κ2) is 6.80. The van der Waals surface area contributed by atoms with E-state index in [-0.39, 0.29) is 11.9 Å². The molecule has 1 aromatic rings. The zero-order chi connectivity index (χ0) is 17.3. The minimum Gasteiger partial charge on any atom is -0.349 e. The largest absolute Gasteiger partial charge is 0.349 e. The van der Waals surface area contributed by atoms with Gasteiger partial charge in [0, 0.05) is 26.7 Å². The number of carbonyl (C=O) groups is 2. The van der Waals surface area contributed by atoms with Crippen molar-refractivity contribution in [2.45, 2.75) is 39.5 Å². The predicted molar refractivity (Wildman–Crippen MR) is 89.1 cm³/mol. The van der Waals surface area contributed by atoms with Gasteiger partial charge < -0.3 is 15.5 Å². The number of nitrogens with one attached hydrogen (secondary N) is 2. The van der Waals surface area contributed by atoms with Crippen LogP contribution < -0.4 is 10.6 Å². The summed E-state index contributed by atoms with van der Waals surface area (Å²) in [4.78, 5) is 27.5. The maximum atomic E-state index is 12.1. The van der Waals surface area contributed by atoms with Crippen molar-refractivity contribution < 1.29 is 9.59 Å². The Balaban J connectivity index is 1.53. The van der Waals surface area contributed by atoms with Crippen LogP contribution in [0.25, 0.3) is 0 Å². The number of amides is 3. The predicted octanol–water partition coefficient (Wildman–Crippen LogP) is -0.00550. The topological polar surface area (TPSA) is 82.5 Å². The molecule has 1 aromatic heterocycles. The number of rotatable bonds is 5. The van der Waals surface area contributed by atoms with Crippen molar-refractivity contribution in [3.05, 3.63) is 17.5 Å². The Labute approximate surface area is 142 Å². The van der Waals surface area contributed by atoms with Crippen molar-refractivity contribution in [2.75, 3.05) is 26.7 Å². The molecule has 3 amide bonds. The molecule has 1 unspecified atom stereocenters. The van der Waals surface area contributed by atoms with Crippen LogP contribution in [0.5, 0.6) is 0 Å². The Kier molecular flexibility index (Phi) is 4.75. The zero-order valence-electron chi connectivity index (χ0n) is 14.6. The molecule has 24 heavy (non-hydrogen) atoms. The molecule has 132 valence electrons. The van der Waals surface area contributed by atoms with Gasteiger partial charge in [-0.2, -0.15) is 5.10 Å². The van der Waals surface area contributed by atoms with Crippen LogP contribution in [0.15, 0.2) is 6.07 Å². The van der Waals surface area contributed by atoms with E-state index in [2.05, 4.69) is 40.5 Å². The maximum absolute atomic E-state index is 12.1. The van der Waals surface area contributed by atoms with E-state index in [0.29, 0.717) is 19.0 Å². The van der Waals surface area contributed by atoms with E-state index < -0.39 is 6.04 Å². The van der Waals surface area contributed by atoms with Crippen LogP contribution in [-0.4, -0.2) is 64.2 Å². The standard InChI is InChI=1S/C16H26N6O2/c1-11(2)8-21-4-5-22-13(9-21)6-12(19-22)7-17-15(23)14-10-20(3)16(24)18-14/h6,11,14H,4-5,7-10H2,1-3H3,(H,17,23)(H,18,24). The molecular weight excluding hydrogens is 308 g/mol. The molecule has 2 aliphatic rings.